The Bertz CT molecular complexity index is 852. The van der Waals surface area contributed by atoms with Gasteiger partial charge in [-0.05, 0) is 37.5 Å². The largest absolute Gasteiger partial charge is 0.453 e. The van der Waals surface area contributed by atoms with Gasteiger partial charge in [-0.15, -0.1) is 0 Å². The molecule has 1 fully saturated rings. The van der Waals surface area contributed by atoms with E-state index in [1.807, 2.05) is 15.6 Å². The van der Waals surface area contributed by atoms with Gasteiger partial charge in [-0.3, -0.25) is 14.3 Å². The highest BCUT2D eigenvalue weighted by Gasteiger charge is 2.30. The lowest BCUT2D eigenvalue weighted by molar-refractivity contribution is -0.138. The number of nitrogens with zero attached hydrogens (tertiary/aromatic N) is 3. The minimum atomic E-state index is -0.285. The molecule has 2 amide bonds. The zero-order valence-electron chi connectivity index (χ0n) is 16.1. The van der Waals surface area contributed by atoms with Crippen LogP contribution in [0.15, 0.2) is 22.6 Å². The van der Waals surface area contributed by atoms with Crippen LogP contribution in [0.2, 0.25) is 0 Å². The van der Waals surface area contributed by atoms with Crippen molar-refractivity contribution in [2.75, 3.05) is 13.7 Å². The molecule has 0 aromatic carbocycles. The highest BCUT2D eigenvalue weighted by atomic mass is 16.5. The second kappa shape index (κ2) is 8.18. The molecule has 2 aromatic heterocycles. The van der Waals surface area contributed by atoms with Crippen LogP contribution >= 0.6 is 0 Å². The summed E-state index contributed by atoms with van der Waals surface area (Å²) in [5.74, 6) is 1.07. The van der Waals surface area contributed by atoms with Crippen molar-refractivity contribution in [3.63, 3.8) is 0 Å². The van der Waals surface area contributed by atoms with Crippen molar-refractivity contribution in [1.29, 1.82) is 0 Å². The van der Waals surface area contributed by atoms with Crippen LogP contribution in [-0.4, -0.2) is 40.1 Å². The predicted octanol–water partition coefficient (Wildman–Crippen LogP) is 2.08. The summed E-state index contributed by atoms with van der Waals surface area (Å²) < 4.78 is 12.4. The molecule has 1 saturated carbocycles. The molecular formula is C20H26N4O4. The second-order valence-corrected chi connectivity index (χ2v) is 7.47. The fourth-order valence-electron chi connectivity index (χ4n) is 3.69. The molecular weight excluding hydrogens is 360 g/mol. The molecule has 0 radical (unpaired) electrons. The molecule has 2 aromatic rings. The zero-order chi connectivity index (χ0) is 19.5. The van der Waals surface area contributed by atoms with E-state index in [0.717, 1.165) is 50.2 Å². The van der Waals surface area contributed by atoms with Crippen LogP contribution in [-0.2, 0) is 35.8 Å². The summed E-state index contributed by atoms with van der Waals surface area (Å²) in [5.41, 5.74) is 1.81. The predicted molar refractivity (Wildman–Crippen MR) is 100 cm³/mol. The van der Waals surface area contributed by atoms with Gasteiger partial charge < -0.3 is 19.4 Å². The Morgan fingerprint density at radius 3 is 2.89 bits per heavy atom. The number of nitrogens with one attached hydrogen (secondary N) is 1. The van der Waals surface area contributed by atoms with E-state index in [1.165, 1.54) is 0 Å². The molecule has 3 heterocycles. The molecule has 0 atom stereocenters. The Morgan fingerprint density at radius 2 is 2.14 bits per heavy atom. The maximum absolute atomic E-state index is 12.6. The number of furan rings is 1. The van der Waals surface area contributed by atoms with Crippen molar-refractivity contribution in [3.05, 3.63) is 41.1 Å². The molecule has 0 bridgehead atoms. The normalized spacial score (nSPS) is 17.0. The van der Waals surface area contributed by atoms with Crippen molar-refractivity contribution in [1.82, 2.24) is 20.0 Å². The molecule has 2 aliphatic rings. The third-order valence-corrected chi connectivity index (χ3v) is 5.43. The third kappa shape index (κ3) is 3.96. The van der Waals surface area contributed by atoms with Crippen molar-refractivity contribution in [3.8, 4) is 0 Å². The van der Waals surface area contributed by atoms with E-state index in [4.69, 9.17) is 9.15 Å². The SMILES string of the molecule is COCc1ccc(C(=O)NCc2cc3n(n2)CCCN(C(=O)C2CCC2)C3)o1. The van der Waals surface area contributed by atoms with Crippen LogP contribution in [0.5, 0.6) is 0 Å². The zero-order valence-corrected chi connectivity index (χ0v) is 16.1. The smallest absolute Gasteiger partial charge is 0.287 e. The first kappa shape index (κ1) is 18.7. The maximum Gasteiger partial charge on any atom is 0.287 e. The van der Waals surface area contributed by atoms with E-state index < -0.39 is 0 Å². The van der Waals surface area contributed by atoms with Crippen LogP contribution in [0.1, 0.15) is 53.4 Å². The molecule has 28 heavy (non-hydrogen) atoms. The van der Waals surface area contributed by atoms with Crippen LogP contribution in [0.4, 0.5) is 0 Å². The Balaban J connectivity index is 1.36. The summed E-state index contributed by atoms with van der Waals surface area (Å²) in [6.07, 6.45) is 4.10. The summed E-state index contributed by atoms with van der Waals surface area (Å²) in [7, 11) is 1.58. The number of carbonyl (C=O) groups is 2. The number of rotatable bonds is 6. The Hall–Kier alpha value is -2.61. The monoisotopic (exact) mass is 386 g/mol. The fourth-order valence-corrected chi connectivity index (χ4v) is 3.69. The number of methoxy groups -OCH3 is 1. The van der Waals surface area contributed by atoms with Gasteiger partial charge in [0.25, 0.3) is 5.91 Å². The van der Waals surface area contributed by atoms with E-state index in [1.54, 1.807) is 19.2 Å². The van der Waals surface area contributed by atoms with Gasteiger partial charge in [0.2, 0.25) is 5.91 Å². The minimum Gasteiger partial charge on any atom is -0.453 e. The first-order chi connectivity index (χ1) is 13.6. The molecule has 0 saturated heterocycles. The molecule has 1 aliphatic heterocycles. The average Bonchev–Trinajstić information content (AvgIpc) is 3.20. The molecule has 1 N–H and O–H groups in total. The minimum absolute atomic E-state index is 0.213. The molecule has 150 valence electrons. The number of amides is 2. The summed E-state index contributed by atoms with van der Waals surface area (Å²) in [5, 5.41) is 7.43. The summed E-state index contributed by atoms with van der Waals surface area (Å²) in [6.45, 7) is 2.81. The average molecular weight is 386 g/mol. The second-order valence-electron chi connectivity index (χ2n) is 7.47. The number of hydrogen-bond donors (Lipinski definition) is 1. The summed E-state index contributed by atoms with van der Waals surface area (Å²) in [6, 6.07) is 5.34. The van der Waals surface area contributed by atoms with Crippen molar-refractivity contribution >= 4 is 11.8 Å². The van der Waals surface area contributed by atoms with E-state index in [0.29, 0.717) is 25.5 Å². The lowest BCUT2D eigenvalue weighted by Crippen LogP contribution is -2.38. The van der Waals surface area contributed by atoms with E-state index in [9.17, 15) is 9.59 Å². The van der Waals surface area contributed by atoms with Crippen LogP contribution in [0.3, 0.4) is 0 Å². The molecule has 0 unspecified atom stereocenters. The Morgan fingerprint density at radius 1 is 1.29 bits per heavy atom. The van der Waals surface area contributed by atoms with Gasteiger partial charge in [0.1, 0.15) is 12.4 Å². The highest BCUT2D eigenvalue weighted by molar-refractivity contribution is 5.91. The fraction of sp³-hybridized carbons (Fsp3) is 0.550. The lowest BCUT2D eigenvalue weighted by Gasteiger charge is -2.30. The molecule has 8 nitrogen and oxygen atoms in total. The van der Waals surface area contributed by atoms with Crippen LogP contribution in [0, 0.1) is 5.92 Å². The van der Waals surface area contributed by atoms with Crippen molar-refractivity contribution < 1.29 is 18.7 Å². The molecule has 1 aliphatic carbocycles. The molecule has 0 spiro atoms. The Labute approximate surface area is 163 Å². The van der Waals surface area contributed by atoms with E-state index >= 15 is 0 Å². The van der Waals surface area contributed by atoms with Gasteiger partial charge in [-0.1, -0.05) is 6.42 Å². The number of hydrogen-bond acceptors (Lipinski definition) is 5. The lowest BCUT2D eigenvalue weighted by atomic mass is 9.84. The number of carbonyl (C=O) groups excluding carboxylic acids is 2. The van der Waals surface area contributed by atoms with E-state index in [-0.39, 0.29) is 23.5 Å². The Kier molecular flexibility index (Phi) is 5.47. The van der Waals surface area contributed by atoms with Gasteiger partial charge in [0, 0.05) is 26.1 Å². The van der Waals surface area contributed by atoms with Gasteiger partial charge in [-0.25, -0.2) is 0 Å². The number of ether oxygens (including phenoxy) is 1. The van der Waals surface area contributed by atoms with Crippen LogP contribution < -0.4 is 5.32 Å². The number of aryl methyl sites for hydroxylation is 1. The molecule has 4 rings (SSSR count). The maximum atomic E-state index is 12.6. The van der Waals surface area contributed by atoms with Crippen LogP contribution in [0.25, 0.3) is 0 Å². The van der Waals surface area contributed by atoms with Gasteiger partial charge in [0.05, 0.1) is 24.5 Å². The summed E-state index contributed by atoms with van der Waals surface area (Å²) >= 11 is 0. The first-order valence-corrected chi connectivity index (χ1v) is 9.84. The quantitative estimate of drug-likeness (QED) is 0.821. The topological polar surface area (TPSA) is 89.6 Å². The van der Waals surface area contributed by atoms with Crippen molar-refractivity contribution in [2.24, 2.45) is 5.92 Å². The standard InChI is InChI=1S/C20H26N4O4/c1-27-13-17-6-7-18(28-17)19(25)21-11-15-10-16-12-23(8-3-9-24(16)22-15)20(26)14-4-2-5-14/h6-7,10,14H,2-5,8-9,11-13H2,1H3,(H,21,25). The number of fused-ring (bicyclic) bond motifs is 1. The van der Waals surface area contributed by atoms with Crippen molar-refractivity contribution in [2.45, 2.75) is 51.9 Å². The number of aromatic nitrogens is 2. The van der Waals surface area contributed by atoms with Gasteiger partial charge >= 0.3 is 0 Å². The first-order valence-electron chi connectivity index (χ1n) is 9.84. The molecule has 8 heteroatoms. The third-order valence-electron chi connectivity index (χ3n) is 5.43. The van der Waals surface area contributed by atoms with E-state index in [2.05, 4.69) is 10.4 Å². The van der Waals surface area contributed by atoms with Gasteiger partial charge in [0.15, 0.2) is 5.76 Å². The summed E-state index contributed by atoms with van der Waals surface area (Å²) in [4.78, 5) is 26.8. The highest BCUT2D eigenvalue weighted by Crippen LogP contribution is 2.29. The van der Waals surface area contributed by atoms with Gasteiger partial charge in [-0.2, -0.15) is 5.10 Å².